The van der Waals surface area contributed by atoms with Crippen molar-refractivity contribution in [2.75, 3.05) is 33.4 Å². The summed E-state index contributed by atoms with van der Waals surface area (Å²) in [5.41, 5.74) is 2.74. The van der Waals surface area contributed by atoms with E-state index in [1.807, 2.05) is 30.3 Å². The minimum atomic E-state index is -0.375. The van der Waals surface area contributed by atoms with Gasteiger partial charge in [0.2, 0.25) is 0 Å². The number of nitro groups is 1. The van der Waals surface area contributed by atoms with Crippen molar-refractivity contribution in [2.45, 2.75) is 6.42 Å². The number of hydrogen-bond acceptors (Lipinski definition) is 6. The summed E-state index contributed by atoms with van der Waals surface area (Å²) < 4.78 is 11.1. The summed E-state index contributed by atoms with van der Waals surface area (Å²) in [5, 5.41) is 16.5. The number of amidine groups is 1. The standard InChI is InChI=1S/C23H23N3O4.ClH/c1-29-10-3-11-30-22-15-18-7-6-17(16-4-2-5-20(13-16)26(27)28)12-19(18)14-21(22)23-24-8-9-25-23;/h2,4-7,12-15H,3,8-11H2,1H3,(H,24,25);1H. The number of nitrogens with zero attached hydrogens (tertiary/aromatic N) is 2. The first-order chi connectivity index (χ1) is 14.7. The van der Waals surface area contributed by atoms with Crippen molar-refractivity contribution >= 4 is 34.7 Å². The van der Waals surface area contributed by atoms with Gasteiger partial charge in [0.25, 0.3) is 5.69 Å². The molecule has 3 aromatic rings. The third kappa shape index (κ3) is 5.13. The van der Waals surface area contributed by atoms with Gasteiger partial charge >= 0.3 is 0 Å². The second-order valence-electron chi connectivity index (χ2n) is 7.07. The number of aliphatic imine (C=N–C) groups is 1. The highest BCUT2D eigenvalue weighted by atomic mass is 35.5. The number of halogens is 1. The Bertz CT molecular complexity index is 1120. The van der Waals surface area contributed by atoms with Crippen molar-refractivity contribution in [1.82, 2.24) is 5.32 Å². The Morgan fingerprint density at radius 3 is 2.65 bits per heavy atom. The number of ether oxygens (including phenoxy) is 2. The highest BCUT2D eigenvalue weighted by Crippen LogP contribution is 2.31. The van der Waals surface area contributed by atoms with Crippen LogP contribution >= 0.6 is 12.4 Å². The summed E-state index contributed by atoms with van der Waals surface area (Å²) in [6, 6.07) is 16.8. The molecule has 0 fully saturated rings. The number of benzene rings is 3. The second-order valence-corrected chi connectivity index (χ2v) is 7.07. The fourth-order valence-electron chi connectivity index (χ4n) is 3.52. The van der Waals surface area contributed by atoms with E-state index in [0.717, 1.165) is 58.6 Å². The molecule has 0 amide bonds. The number of methoxy groups -OCH3 is 1. The molecular weight excluding hydrogens is 418 g/mol. The summed E-state index contributed by atoms with van der Waals surface area (Å²) in [4.78, 5) is 15.3. The van der Waals surface area contributed by atoms with Crippen LogP contribution in [-0.2, 0) is 4.74 Å². The van der Waals surface area contributed by atoms with Crippen molar-refractivity contribution in [3.63, 3.8) is 0 Å². The molecular formula is C23H24ClN3O4. The quantitative estimate of drug-likeness (QED) is 0.313. The molecule has 1 aliphatic rings. The number of non-ortho nitro benzene ring substituents is 1. The highest BCUT2D eigenvalue weighted by Gasteiger charge is 2.16. The molecule has 1 aliphatic heterocycles. The first-order valence-corrected chi connectivity index (χ1v) is 9.89. The van der Waals surface area contributed by atoms with Crippen LogP contribution in [0.5, 0.6) is 5.75 Å². The minimum Gasteiger partial charge on any atom is -0.493 e. The van der Waals surface area contributed by atoms with Crippen LogP contribution in [-0.4, -0.2) is 44.2 Å². The van der Waals surface area contributed by atoms with E-state index in [1.54, 1.807) is 19.2 Å². The summed E-state index contributed by atoms with van der Waals surface area (Å²) in [7, 11) is 1.68. The Hall–Kier alpha value is -3.16. The van der Waals surface area contributed by atoms with Gasteiger partial charge in [-0.05, 0) is 40.1 Å². The SMILES string of the molecule is COCCCOc1cc2ccc(-c3cccc([N+](=O)[O-])c3)cc2cc1C1=NCCN1.Cl. The van der Waals surface area contributed by atoms with E-state index in [-0.39, 0.29) is 23.0 Å². The molecule has 1 N–H and O–H groups in total. The Kier molecular flexibility index (Phi) is 7.44. The van der Waals surface area contributed by atoms with Crippen LogP contribution in [0, 0.1) is 10.1 Å². The molecule has 1 heterocycles. The van der Waals surface area contributed by atoms with Gasteiger partial charge in [0.05, 0.1) is 23.6 Å². The molecule has 8 heteroatoms. The summed E-state index contributed by atoms with van der Waals surface area (Å²) in [5.74, 6) is 1.62. The van der Waals surface area contributed by atoms with Crippen LogP contribution in [0.3, 0.4) is 0 Å². The topological polar surface area (TPSA) is 86.0 Å². The number of nitrogens with one attached hydrogen (secondary N) is 1. The summed E-state index contributed by atoms with van der Waals surface area (Å²) in [6.45, 7) is 2.76. The molecule has 0 unspecified atom stereocenters. The fraction of sp³-hybridized carbons (Fsp3) is 0.261. The van der Waals surface area contributed by atoms with Crippen molar-refractivity contribution in [2.24, 2.45) is 4.99 Å². The second kappa shape index (κ2) is 10.2. The van der Waals surface area contributed by atoms with E-state index in [2.05, 4.69) is 16.4 Å². The van der Waals surface area contributed by atoms with Gasteiger partial charge in [0.1, 0.15) is 11.6 Å². The third-order valence-electron chi connectivity index (χ3n) is 5.01. The normalized spacial score (nSPS) is 12.7. The average molecular weight is 442 g/mol. The smallest absolute Gasteiger partial charge is 0.270 e. The van der Waals surface area contributed by atoms with Crippen molar-refractivity contribution in [3.8, 4) is 16.9 Å². The van der Waals surface area contributed by atoms with Crippen LogP contribution in [0.25, 0.3) is 21.9 Å². The zero-order chi connectivity index (χ0) is 20.9. The zero-order valence-electron chi connectivity index (χ0n) is 17.2. The molecule has 0 saturated heterocycles. The van der Waals surface area contributed by atoms with Gasteiger partial charge in [0.15, 0.2) is 0 Å². The Balaban J connectivity index is 0.00000272. The lowest BCUT2D eigenvalue weighted by Gasteiger charge is -2.14. The molecule has 0 bridgehead atoms. The largest absolute Gasteiger partial charge is 0.493 e. The molecule has 0 aliphatic carbocycles. The lowest BCUT2D eigenvalue weighted by Crippen LogP contribution is -2.20. The van der Waals surface area contributed by atoms with Gasteiger partial charge in [0, 0.05) is 38.8 Å². The Morgan fingerprint density at radius 1 is 1.06 bits per heavy atom. The maximum absolute atomic E-state index is 11.1. The molecule has 0 radical (unpaired) electrons. The van der Waals surface area contributed by atoms with Crippen LogP contribution < -0.4 is 10.1 Å². The van der Waals surface area contributed by atoms with Crippen LogP contribution in [0.1, 0.15) is 12.0 Å². The fourth-order valence-corrected chi connectivity index (χ4v) is 3.52. The van der Waals surface area contributed by atoms with E-state index in [0.29, 0.717) is 13.2 Å². The zero-order valence-corrected chi connectivity index (χ0v) is 18.0. The summed E-state index contributed by atoms with van der Waals surface area (Å²) in [6.07, 6.45) is 0.805. The first-order valence-electron chi connectivity index (χ1n) is 9.89. The van der Waals surface area contributed by atoms with Gasteiger partial charge in [-0.25, -0.2) is 0 Å². The highest BCUT2D eigenvalue weighted by molar-refractivity contribution is 6.06. The van der Waals surface area contributed by atoms with Gasteiger partial charge < -0.3 is 14.8 Å². The predicted molar refractivity (Wildman–Crippen MR) is 125 cm³/mol. The minimum absolute atomic E-state index is 0. The van der Waals surface area contributed by atoms with Crippen LogP contribution in [0.15, 0.2) is 59.6 Å². The van der Waals surface area contributed by atoms with E-state index in [9.17, 15) is 10.1 Å². The first kappa shape index (κ1) is 22.5. The van der Waals surface area contributed by atoms with E-state index < -0.39 is 0 Å². The van der Waals surface area contributed by atoms with Crippen LogP contribution in [0.2, 0.25) is 0 Å². The number of fused-ring (bicyclic) bond motifs is 1. The monoisotopic (exact) mass is 441 g/mol. The lowest BCUT2D eigenvalue weighted by molar-refractivity contribution is -0.384. The van der Waals surface area contributed by atoms with Crippen molar-refractivity contribution < 1.29 is 14.4 Å². The van der Waals surface area contributed by atoms with Gasteiger partial charge in [-0.3, -0.25) is 15.1 Å². The number of hydrogen-bond donors (Lipinski definition) is 1. The van der Waals surface area contributed by atoms with Gasteiger partial charge in [-0.15, -0.1) is 12.4 Å². The van der Waals surface area contributed by atoms with Crippen molar-refractivity contribution in [1.29, 1.82) is 0 Å². The lowest BCUT2D eigenvalue weighted by atomic mass is 9.98. The molecule has 7 nitrogen and oxygen atoms in total. The maximum Gasteiger partial charge on any atom is 0.270 e. The van der Waals surface area contributed by atoms with E-state index >= 15 is 0 Å². The molecule has 3 aromatic carbocycles. The number of nitro benzene ring substituents is 1. The van der Waals surface area contributed by atoms with Crippen molar-refractivity contribution in [3.05, 3.63) is 70.3 Å². The van der Waals surface area contributed by atoms with E-state index in [4.69, 9.17) is 9.47 Å². The molecule has 162 valence electrons. The molecule has 0 spiro atoms. The number of rotatable bonds is 8. The van der Waals surface area contributed by atoms with Gasteiger partial charge in [-0.2, -0.15) is 0 Å². The summed E-state index contributed by atoms with van der Waals surface area (Å²) >= 11 is 0. The molecule has 31 heavy (non-hydrogen) atoms. The third-order valence-corrected chi connectivity index (χ3v) is 5.01. The predicted octanol–water partition coefficient (Wildman–Crippen LogP) is 4.60. The Labute approximate surface area is 186 Å². The molecule has 4 rings (SSSR count). The van der Waals surface area contributed by atoms with Crippen LogP contribution in [0.4, 0.5) is 5.69 Å². The molecule has 0 atom stereocenters. The van der Waals surface area contributed by atoms with Gasteiger partial charge in [-0.1, -0.05) is 24.3 Å². The molecule has 0 aromatic heterocycles. The van der Waals surface area contributed by atoms with E-state index in [1.165, 1.54) is 6.07 Å². The average Bonchev–Trinajstić information content (AvgIpc) is 3.30. The Morgan fingerprint density at radius 2 is 1.90 bits per heavy atom. The maximum atomic E-state index is 11.1. The molecule has 0 saturated carbocycles.